The molecular formula is C10H7BrClF3O4S. The highest BCUT2D eigenvalue weighted by Crippen LogP contribution is 2.39. The van der Waals surface area contributed by atoms with E-state index in [0.29, 0.717) is 0 Å². The summed E-state index contributed by atoms with van der Waals surface area (Å²) in [6.07, 6.45) is 0. The number of hydrogen-bond donors (Lipinski definition) is 0. The van der Waals surface area contributed by atoms with Crippen LogP contribution in [0, 0.1) is 6.92 Å². The maximum Gasteiger partial charge on any atom is 0.534 e. The zero-order chi connectivity index (χ0) is 15.9. The van der Waals surface area contributed by atoms with Gasteiger partial charge in [0.15, 0.2) is 11.5 Å². The summed E-state index contributed by atoms with van der Waals surface area (Å²) < 4.78 is 62.9. The van der Waals surface area contributed by atoms with Gasteiger partial charge in [0, 0.05) is 5.02 Å². The smallest absolute Gasteiger partial charge is 0.374 e. The molecule has 0 saturated carbocycles. The predicted octanol–water partition coefficient (Wildman–Crippen LogP) is 3.84. The highest BCUT2D eigenvalue weighted by molar-refractivity contribution is 9.10. The first-order chi connectivity index (χ1) is 8.88. The molecule has 0 aliphatic carbocycles. The Morgan fingerprint density at radius 1 is 1.40 bits per heavy atom. The highest BCUT2D eigenvalue weighted by atomic mass is 79.9. The van der Waals surface area contributed by atoms with Crippen LogP contribution >= 0.6 is 27.5 Å². The molecule has 0 unspecified atom stereocenters. The van der Waals surface area contributed by atoms with Gasteiger partial charge < -0.3 is 4.18 Å². The van der Waals surface area contributed by atoms with E-state index in [4.69, 9.17) is 11.6 Å². The molecule has 0 saturated heterocycles. The third kappa shape index (κ3) is 3.26. The third-order valence-corrected chi connectivity index (χ3v) is 4.56. The number of halogens is 5. The highest BCUT2D eigenvalue weighted by Gasteiger charge is 2.49. The van der Waals surface area contributed by atoms with Crippen LogP contribution < -0.4 is 4.18 Å². The lowest BCUT2D eigenvalue weighted by atomic mass is 10.1. The van der Waals surface area contributed by atoms with E-state index in [0.717, 1.165) is 13.0 Å². The number of carbonyl (C=O) groups excluding carboxylic acids is 1. The largest absolute Gasteiger partial charge is 0.534 e. The maximum absolute atomic E-state index is 12.3. The third-order valence-electron chi connectivity index (χ3n) is 2.26. The molecule has 1 aromatic rings. The minimum absolute atomic E-state index is 0.0823. The molecule has 0 atom stereocenters. The molecule has 0 fully saturated rings. The van der Waals surface area contributed by atoms with Crippen molar-refractivity contribution in [2.45, 2.75) is 19.4 Å². The van der Waals surface area contributed by atoms with Crippen LogP contribution in [0.1, 0.15) is 22.8 Å². The Bertz CT molecular complexity index is 670. The van der Waals surface area contributed by atoms with Gasteiger partial charge in [-0.3, -0.25) is 4.79 Å². The number of benzene rings is 1. The molecule has 1 aromatic carbocycles. The van der Waals surface area contributed by atoms with Crippen molar-refractivity contribution in [3.63, 3.8) is 0 Å². The van der Waals surface area contributed by atoms with Gasteiger partial charge >= 0.3 is 15.6 Å². The Morgan fingerprint density at radius 3 is 2.30 bits per heavy atom. The fraction of sp³-hybridized carbons (Fsp3) is 0.300. The fourth-order valence-electron chi connectivity index (χ4n) is 1.19. The normalized spacial score (nSPS) is 12.3. The second-order valence-electron chi connectivity index (χ2n) is 3.71. The minimum atomic E-state index is -5.88. The summed E-state index contributed by atoms with van der Waals surface area (Å²) in [6, 6.07) is 1.05. The van der Waals surface area contributed by atoms with Gasteiger partial charge in [0.1, 0.15) is 0 Å². The number of ketones is 1. The molecule has 0 aliphatic heterocycles. The quantitative estimate of drug-likeness (QED) is 0.443. The van der Waals surface area contributed by atoms with Gasteiger partial charge in [-0.15, -0.1) is 0 Å². The first-order valence-corrected chi connectivity index (χ1v) is 7.46. The van der Waals surface area contributed by atoms with Gasteiger partial charge in [0.2, 0.25) is 0 Å². The Morgan fingerprint density at radius 2 is 1.90 bits per heavy atom. The van der Waals surface area contributed by atoms with Crippen LogP contribution in [0.2, 0.25) is 5.02 Å². The lowest BCUT2D eigenvalue weighted by Gasteiger charge is -2.15. The van der Waals surface area contributed by atoms with Gasteiger partial charge in [0.05, 0.1) is 10.0 Å². The van der Waals surface area contributed by atoms with Crippen molar-refractivity contribution in [1.82, 2.24) is 0 Å². The van der Waals surface area contributed by atoms with Crippen LogP contribution in [0.4, 0.5) is 13.2 Å². The molecule has 0 aliphatic rings. The fourth-order valence-corrected chi connectivity index (χ4v) is 2.61. The van der Waals surface area contributed by atoms with Gasteiger partial charge in [-0.1, -0.05) is 11.6 Å². The summed E-state index contributed by atoms with van der Waals surface area (Å²) in [5.74, 6) is -1.43. The van der Waals surface area contributed by atoms with Crippen molar-refractivity contribution < 1.29 is 30.6 Å². The number of Topliss-reactive ketones (excluding diaryl/α,β-unsaturated/α-hetero) is 1. The van der Waals surface area contributed by atoms with Crippen LogP contribution in [0.15, 0.2) is 10.5 Å². The number of carbonyl (C=O) groups is 1. The summed E-state index contributed by atoms with van der Waals surface area (Å²) in [5, 5.41) is 0.0823. The monoisotopic (exact) mass is 394 g/mol. The molecule has 112 valence electrons. The first kappa shape index (κ1) is 17.3. The van der Waals surface area contributed by atoms with E-state index in [9.17, 15) is 26.4 Å². The van der Waals surface area contributed by atoms with E-state index in [1.807, 2.05) is 0 Å². The summed E-state index contributed by atoms with van der Waals surface area (Å²) in [6.45, 7) is 2.46. The molecular weight excluding hydrogens is 389 g/mol. The van der Waals surface area contributed by atoms with E-state index in [1.165, 1.54) is 6.92 Å². The lowest BCUT2D eigenvalue weighted by molar-refractivity contribution is -0.0500. The number of rotatable bonds is 3. The summed E-state index contributed by atoms with van der Waals surface area (Å²) >= 11 is 8.66. The van der Waals surface area contributed by atoms with Crippen LogP contribution in [0.3, 0.4) is 0 Å². The first-order valence-electron chi connectivity index (χ1n) is 4.88. The zero-order valence-electron chi connectivity index (χ0n) is 10.0. The molecule has 0 bridgehead atoms. The van der Waals surface area contributed by atoms with Crippen molar-refractivity contribution in [2.24, 2.45) is 0 Å². The van der Waals surface area contributed by atoms with E-state index in [1.54, 1.807) is 0 Å². The Hall–Kier alpha value is -0.800. The topological polar surface area (TPSA) is 60.4 Å². The van der Waals surface area contributed by atoms with Gasteiger partial charge in [0.25, 0.3) is 0 Å². The summed E-state index contributed by atoms with van der Waals surface area (Å²) in [4.78, 5) is 11.4. The standard InChI is InChI=1S/C10H7BrClF3O4S/c1-4-7(12)3-6(5(2)16)9(8(4)11)19-20(17,18)10(13,14)15/h3H,1-2H3. The van der Waals surface area contributed by atoms with E-state index < -0.39 is 27.2 Å². The van der Waals surface area contributed by atoms with Crippen LogP contribution in [0.5, 0.6) is 5.75 Å². The van der Waals surface area contributed by atoms with Crippen molar-refractivity contribution in [3.05, 3.63) is 26.7 Å². The van der Waals surface area contributed by atoms with Crippen molar-refractivity contribution in [2.75, 3.05) is 0 Å². The maximum atomic E-state index is 12.3. The molecule has 20 heavy (non-hydrogen) atoms. The molecule has 0 radical (unpaired) electrons. The molecule has 1 rings (SSSR count). The van der Waals surface area contributed by atoms with Crippen LogP contribution in [-0.2, 0) is 10.1 Å². The van der Waals surface area contributed by atoms with Crippen molar-refractivity contribution in [1.29, 1.82) is 0 Å². The van der Waals surface area contributed by atoms with Gasteiger partial charge in [-0.05, 0) is 41.4 Å². The van der Waals surface area contributed by atoms with E-state index in [-0.39, 0.29) is 20.6 Å². The number of alkyl halides is 3. The van der Waals surface area contributed by atoms with E-state index >= 15 is 0 Å². The second-order valence-corrected chi connectivity index (χ2v) is 6.45. The van der Waals surface area contributed by atoms with Crippen LogP contribution in [0.25, 0.3) is 0 Å². The SMILES string of the molecule is CC(=O)c1cc(Cl)c(C)c(Br)c1OS(=O)(=O)C(F)(F)F. The molecule has 0 spiro atoms. The zero-order valence-corrected chi connectivity index (χ0v) is 13.2. The predicted molar refractivity (Wildman–Crippen MR) is 69.5 cm³/mol. The Kier molecular flexibility index (Phi) is 4.77. The summed E-state index contributed by atoms with van der Waals surface area (Å²) in [5.41, 5.74) is -5.74. The summed E-state index contributed by atoms with van der Waals surface area (Å²) in [7, 11) is -5.88. The number of hydrogen-bond acceptors (Lipinski definition) is 4. The Labute approximate surface area is 126 Å². The van der Waals surface area contributed by atoms with Crippen molar-refractivity contribution >= 4 is 43.4 Å². The molecule has 0 N–H and O–H groups in total. The van der Waals surface area contributed by atoms with Crippen LogP contribution in [-0.4, -0.2) is 19.7 Å². The molecule has 0 amide bonds. The van der Waals surface area contributed by atoms with E-state index in [2.05, 4.69) is 20.1 Å². The molecule has 0 heterocycles. The average Bonchev–Trinajstić information content (AvgIpc) is 2.27. The molecule has 4 nitrogen and oxygen atoms in total. The minimum Gasteiger partial charge on any atom is -0.374 e. The molecule has 0 aromatic heterocycles. The Balaban J connectivity index is 3.54. The molecule has 10 heteroatoms. The average molecular weight is 396 g/mol. The van der Waals surface area contributed by atoms with Gasteiger partial charge in [-0.25, -0.2) is 0 Å². The second kappa shape index (κ2) is 5.53. The van der Waals surface area contributed by atoms with Crippen molar-refractivity contribution in [3.8, 4) is 5.75 Å². The van der Waals surface area contributed by atoms with Gasteiger partial charge in [-0.2, -0.15) is 21.6 Å². The lowest BCUT2D eigenvalue weighted by Crippen LogP contribution is -2.28.